The van der Waals surface area contributed by atoms with Gasteiger partial charge in [-0.1, -0.05) is 0 Å². The number of amides is 1. The van der Waals surface area contributed by atoms with E-state index < -0.39 is 5.91 Å². The number of nitriles is 1. The van der Waals surface area contributed by atoms with E-state index in [4.69, 9.17) is 10.00 Å². The molecule has 1 aromatic rings. The third-order valence-electron chi connectivity index (χ3n) is 2.63. The molecular weight excluding hydrogens is 270 g/mol. The van der Waals surface area contributed by atoms with Crippen LogP contribution in [0.3, 0.4) is 0 Å². The maximum atomic E-state index is 11.7. The average molecular weight is 287 g/mol. The van der Waals surface area contributed by atoms with Gasteiger partial charge in [0.2, 0.25) is 0 Å². The van der Waals surface area contributed by atoms with Gasteiger partial charge in [-0.05, 0) is 31.2 Å². The zero-order valence-electron chi connectivity index (χ0n) is 12.0. The number of ketones is 1. The number of nitrogens with zero attached hydrogens (tertiary/aromatic N) is 1. The minimum absolute atomic E-state index is 0.0210. The van der Waals surface area contributed by atoms with Crippen molar-refractivity contribution < 1.29 is 14.3 Å². The number of hydrogen-bond donors (Lipinski definition) is 2. The zero-order chi connectivity index (χ0) is 15.7. The number of methoxy groups -OCH3 is 1. The highest BCUT2D eigenvalue weighted by Gasteiger charge is 2.07. The van der Waals surface area contributed by atoms with Crippen molar-refractivity contribution in [2.75, 3.05) is 25.6 Å². The second-order valence-electron chi connectivity index (χ2n) is 4.20. The van der Waals surface area contributed by atoms with Gasteiger partial charge in [-0.25, -0.2) is 0 Å². The van der Waals surface area contributed by atoms with E-state index in [0.717, 1.165) is 0 Å². The lowest BCUT2D eigenvalue weighted by atomic mass is 10.1. The first-order valence-corrected chi connectivity index (χ1v) is 6.33. The summed E-state index contributed by atoms with van der Waals surface area (Å²) in [4.78, 5) is 22.8. The van der Waals surface area contributed by atoms with E-state index in [2.05, 4.69) is 10.6 Å². The lowest BCUT2D eigenvalue weighted by molar-refractivity contribution is -0.117. The Kier molecular flexibility index (Phi) is 6.65. The Bertz CT molecular complexity index is 571. The molecule has 0 aliphatic carbocycles. The van der Waals surface area contributed by atoms with Gasteiger partial charge in [0, 0.05) is 31.1 Å². The summed E-state index contributed by atoms with van der Waals surface area (Å²) in [5, 5.41) is 14.4. The van der Waals surface area contributed by atoms with Gasteiger partial charge in [0.25, 0.3) is 5.91 Å². The van der Waals surface area contributed by atoms with Crippen LogP contribution < -0.4 is 10.6 Å². The lowest BCUT2D eigenvalue weighted by Gasteiger charge is -2.05. The molecule has 1 aromatic carbocycles. The second-order valence-corrected chi connectivity index (χ2v) is 4.20. The molecule has 0 atom stereocenters. The average Bonchev–Trinajstić information content (AvgIpc) is 2.48. The van der Waals surface area contributed by atoms with Crippen LogP contribution in [0.25, 0.3) is 0 Å². The third-order valence-corrected chi connectivity index (χ3v) is 2.63. The van der Waals surface area contributed by atoms with Gasteiger partial charge in [-0.15, -0.1) is 0 Å². The standard InChI is InChI=1S/C15H17N3O3/c1-11(19)12-3-5-14(6-4-12)18-10-13(9-16)15(20)17-7-8-21-2/h3-6,10,18H,7-8H2,1-2H3,(H,17,20)/b13-10-. The molecule has 6 heteroatoms. The Balaban J connectivity index is 2.65. The highest BCUT2D eigenvalue weighted by atomic mass is 16.5. The summed E-state index contributed by atoms with van der Waals surface area (Å²) in [6, 6.07) is 8.56. The summed E-state index contributed by atoms with van der Waals surface area (Å²) in [7, 11) is 1.53. The van der Waals surface area contributed by atoms with Gasteiger partial charge in [-0.3, -0.25) is 9.59 Å². The summed E-state index contributed by atoms with van der Waals surface area (Å²) in [6.07, 6.45) is 1.32. The van der Waals surface area contributed by atoms with Gasteiger partial charge in [0.15, 0.2) is 5.78 Å². The van der Waals surface area contributed by atoms with Crippen LogP contribution in [-0.4, -0.2) is 32.0 Å². The highest BCUT2D eigenvalue weighted by Crippen LogP contribution is 2.10. The number of carbonyl (C=O) groups is 2. The van der Waals surface area contributed by atoms with Crippen LogP contribution in [0.1, 0.15) is 17.3 Å². The van der Waals surface area contributed by atoms with E-state index in [0.29, 0.717) is 24.4 Å². The molecule has 0 fully saturated rings. The van der Waals surface area contributed by atoms with Gasteiger partial charge in [-0.2, -0.15) is 5.26 Å². The Hall–Kier alpha value is -2.65. The first kappa shape index (κ1) is 16.4. The van der Waals surface area contributed by atoms with E-state index in [1.165, 1.54) is 20.2 Å². The number of anilines is 1. The lowest BCUT2D eigenvalue weighted by Crippen LogP contribution is -2.28. The molecule has 0 unspecified atom stereocenters. The molecule has 110 valence electrons. The van der Waals surface area contributed by atoms with Crippen molar-refractivity contribution in [1.82, 2.24) is 5.32 Å². The zero-order valence-corrected chi connectivity index (χ0v) is 12.0. The molecule has 2 N–H and O–H groups in total. The van der Waals surface area contributed by atoms with Crippen LogP contribution in [0.15, 0.2) is 36.0 Å². The minimum atomic E-state index is -0.470. The van der Waals surface area contributed by atoms with Crippen molar-refractivity contribution in [3.63, 3.8) is 0 Å². The van der Waals surface area contributed by atoms with Crippen LogP contribution in [0.2, 0.25) is 0 Å². The number of ether oxygens (including phenoxy) is 1. The molecule has 0 aliphatic heterocycles. The third kappa shape index (κ3) is 5.47. The fourth-order valence-electron chi connectivity index (χ4n) is 1.47. The van der Waals surface area contributed by atoms with E-state index in [1.54, 1.807) is 24.3 Å². The molecule has 6 nitrogen and oxygen atoms in total. The molecule has 1 rings (SSSR count). The van der Waals surface area contributed by atoms with Gasteiger partial charge in [0.05, 0.1) is 6.61 Å². The fourth-order valence-corrected chi connectivity index (χ4v) is 1.47. The first-order chi connectivity index (χ1) is 10.1. The van der Waals surface area contributed by atoms with Gasteiger partial charge >= 0.3 is 0 Å². The molecule has 1 amide bonds. The minimum Gasteiger partial charge on any atom is -0.383 e. The summed E-state index contributed by atoms with van der Waals surface area (Å²) in [5.74, 6) is -0.491. The monoisotopic (exact) mass is 287 g/mol. The second kappa shape index (κ2) is 8.51. The SMILES string of the molecule is COCCNC(=O)/C(C#N)=C\Nc1ccc(C(C)=O)cc1. The van der Waals surface area contributed by atoms with E-state index in [1.807, 2.05) is 6.07 Å². The van der Waals surface area contributed by atoms with Crippen LogP contribution in [0, 0.1) is 11.3 Å². The Morgan fingerprint density at radius 2 is 2.00 bits per heavy atom. The molecular formula is C15H17N3O3. The topological polar surface area (TPSA) is 91.2 Å². The van der Waals surface area contributed by atoms with Crippen LogP contribution in [-0.2, 0) is 9.53 Å². The number of carbonyl (C=O) groups excluding carboxylic acids is 2. The molecule has 0 radical (unpaired) electrons. The number of hydrogen-bond acceptors (Lipinski definition) is 5. The summed E-state index contributed by atoms with van der Waals surface area (Å²) in [6.45, 7) is 2.20. The van der Waals surface area contributed by atoms with E-state index in [9.17, 15) is 9.59 Å². The predicted octanol–water partition coefficient (Wildman–Crippen LogP) is 1.47. The van der Waals surface area contributed by atoms with Crippen molar-refractivity contribution >= 4 is 17.4 Å². The molecule has 0 heterocycles. The van der Waals surface area contributed by atoms with Crippen molar-refractivity contribution in [2.45, 2.75) is 6.92 Å². The summed E-state index contributed by atoms with van der Waals surface area (Å²) < 4.78 is 4.81. The molecule has 0 saturated heterocycles. The smallest absolute Gasteiger partial charge is 0.263 e. The molecule has 0 saturated carbocycles. The largest absolute Gasteiger partial charge is 0.383 e. The van der Waals surface area contributed by atoms with Gasteiger partial charge in [0.1, 0.15) is 11.6 Å². The molecule has 0 bridgehead atoms. The summed E-state index contributed by atoms with van der Waals surface area (Å²) >= 11 is 0. The van der Waals surface area contributed by atoms with Crippen molar-refractivity contribution in [3.05, 3.63) is 41.6 Å². The Morgan fingerprint density at radius 1 is 1.33 bits per heavy atom. The number of rotatable bonds is 7. The van der Waals surface area contributed by atoms with Gasteiger partial charge < -0.3 is 15.4 Å². The van der Waals surface area contributed by atoms with Crippen LogP contribution in [0.4, 0.5) is 5.69 Å². The number of Topliss-reactive ketones (excluding diaryl/α,β-unsaturated/α-hetero) is 1. The maximum absolute atomic E-state index is 11.7. The fraction of sp³-hybridized carbons (Fsp3) is 0.267. The molecule has 0 aliphatic rings. The van der Waals surface area contributed by atoms with Crippen molar-refractivity contribution in [1.29, 1.82) is 5.26 Å². The van der Waals surface area contributed by atoms with E-state index >= 15 is 0 Å². The molecule has 21 heavy (non-hydrogen) atoms. The number of benzene rings is 1. The quantitative estimate of drug-likeness (QED) is 0.343. The molecule has 0 spiro atoms. The van der Waals surface area contributed by atoms with E-state index in [-0.39, 0.29) is 11.4 Å². The Morgan fingerprint density at radius 3 is 2.52 bits per heavy atom. The summed E-state index contributed by atoms with van der Waals surface area (Å²) in [5.41, 5.74) is 1.24. The Labute approximate surface area is 123 Å². The van der Waals surface area contributed by atoms with Crippen LogP contribution >= 0.6 is 0 Å². The first-order valence-electron chi connectivity index (χ1n) is 6.33. The molecule has 0 aromatic heterocycles. The van der Waals surface area contributed by atoms with Crippen molar-refractivity contribution in [3.8, 4) is 6.07 Å². The predicted molar refractivity (Wildman–Crippen MR) is 78.7 cm³/mol. The van der Waals surface area contributed by atoms with Crippen LogP contribution in [0.5, 0.6) is 0 Å². The normalized spacial score (nSPS) is 10.6. The maximum Gasteiger partial charge on any atom is 0.263 e. The number of nitrogens with one attached hydrogen (secondary N) is 2. The van der Waals surface area contributed by atoms with Crippen molar-refractivity contribution in [2.24, 2.45) is 0 Å². The highest BCUT2D eigenvalue weighted by molar-refractivity contribution is 5.97.